The molecule has 1 rings (SSSR count). The minimum atomic E-state index is -0.507. The highest BCUT2D eigenvalue weighted by Crippen LogP contribution is 2.09. The Morgan fingerprint density at radius 2 is 2.10 bits per heavy atom. The summed E-state index contributed by atoms with van der Waals surface area (Å²) in [7, 11) is 0. The molecule has 0 aromatic carbocycles. The largest absolute Gasteiger partial charge is 0.320 e. The molecule has 1 aliphatic heterocycles. The summed E-state index contributed by atoms with van der Waals surface area (Å²) in [5.41, 5.74) is 5.37. The van der Waals surface area contributed by atoms with Gasteiger partial charge in [0.1, 0.15) is 0 Å². The fourth-order valence-electron chi connectivity index (χ4n) is 0.932. The number of piperidine rings is 1. The molecule has 10 heavy (non-hydrogen) atoms. The van der Waals surface area contributed by atoms with Gasteiger partial charge in [-0.3, -0.25) is 14.9 Å². The molecule has 0 bridgehead atoms. The number of nitrogens with two attached hydrogens (primary N) is 1. The summed E-state index contributed by atoms with van der Waals surface area (Å²) in [6, 6.07) is -0.507. The van der Waals surface area contributed by atoms with Crippen molar-refractivity contribution in [2.24, 2.45) is 11.7 Å². The molecule has 0 radical (unpaired) electrons. The summed E-state index contributed by atoms with van der Waals surface area (Å²) in [5, 5.41) is 2.18. The predicted molar refractivity (Wildman–Crippen MR) is 34.9 cm³/mol. The number of nitrogens with one attached hydrogen (secondary N) is 1. The number of carbonyl (C=O) groups is 2. The first-order valence-corrected chi connectivity index (χ1v) is 3.21. The first-order valence-electron chi connectivity index (χ1n) is 3.21. The van der Waals surface area contributed by atoms with Crippen molar-refractivity contribution >= 4 is 11.8 Å². The second-order valence-corrected chi connectivity index (χ2v) is 2.60. The number of amides is 2. The maximum Gasteiger partial charge on any atom is 0.243 e. The van der Waals surface area contributed by atoms with E-state index in [0.717, 1.165) is 0 Å². The van der Waals surface area contributed by atoms with Gasteiger partial charge in [-0.25, -0.2) is 0 Å². The van der Waals surface area contributed by atoms with Gasteiger partial charge >= 0.3 is 0 Å². The summed E-state index contributed by atoms with van der Waals surface area (Å²) in [5.74, 6) is -0.706. The molecule has 0 aromatic heterocycles. The van der Waals surface area contributed by atoms with Crippen LogP contribution in [0.25, 0.3) is 0 Å². The van der Waals surface area contributed by atoms with E-state index in [2.05, 4.69) is 5.32 Å². The van der Waals surface area contributed by atoms with E-state index in [1.165, 1.54) is 0 Å². The van der Waals surface area contributed by atoms with E-state index in [-0.39, 0.29) is 17.7 Å². The van der Waals surface area contributed by atoms with Crippen LogP contribution in [0.2, 0.25) is 0 Å². The van der Waals surface area contributed by atoms with Crippen molar-refractivity contribution in [3.8, 4) is 0 Å². The third-order valence-electron chi connectivity index (χ3n) is 1.64. The van der Waals surface area contributed by atoms with Crippen LogP contribution in [-0.2, 0) is 9.59 Å². The average Bonchev–Trinajstić information content (AvgIpc) is 1.84. The standard InChI is InChI=1S/C6H10N2O2/c1-3-2-4(7)6(10)8-5(3)9/h3-4H,2,7H2,1H3,(H,8,9,10). The van der Waals surface area contributed by atoms with Gasteiger partial charge in [0.15, 0.2) is 0 Å². The van der Waals surface area contributed by atoms with Crippen molar-refractivity contribution in [2.45, 2.75) is 19.4 Å². The van der Waals surface area contributed by atoms with Crippen molar-refractivity contribution < 1.29 is 9.59 Å². The van der Waals surface area contributed by atoms with E-state index in [4.69, 9.17) is 5.73 Å². The van der Waals surface area contributed by atoms with Crippen LogP contribution >= 0.6 is 0 Å². The topological polar surface area (TPSA) is 72.2 Å². The highest BCUT2D eigenvalue weighted by Gasteiger charge is 2.28. The Kier molecular flexibility index (Phi) is 1.72. The molecule has 0 saturated carbocycles. The van der Waals surface area contributed by atoms with Crippen molar-refractivity contribution in [1.29, 1.82) is 0 Å². The number of hydrogen-bond donors (Lipinski definition) is 2. The maximum atomic E-state index is 10.8. The lowest BCUT2D eigenvalue weighted by Gasteiger charge is -2.21. The minimum absolute atomic E-state index is 0.132. The second-order valence-electron chi connectivity index (χ2n) is 2.60. The molecule has 3 N–H and O–H groups in total. The van der Waals surface area contributed by atoms with Crippen LogP contribution in [-0.4, -0.2) is 17.9 Å². The summed E-state index contributed by atoms with van der Waals surface area (Å²) < 4.78 is 0. The Bertz CT molecular complexity index is 161. The summed E-state index contributed by atoms with van der Waals surface area (Å²) in [6.45, 7) is 1.75. The molecule has 0 aliphatic carbocycles. The molecule has 56 valence electrons. The molecule has 4 heteroatoms. The quantitative estimate of drug-likeness (QED) is 0.426. The SMILES string of the molecule is CC1CC(N)C(=O)NC1=O. The fraction of sp³-hybridized carbons (Fsp3) is 0.667. The summed E-state index contributed by atoms with van der Waals surface area (Å²) >= 11 is 0. The molecule has 0 spiro atoms. The van der Waals surface area contributed by atoms with Gasteiger partial charge in [-0.05, 0) is 6.42 Å². The van der Waals surface area contributed by atoms with Crippen LogP contribution in [0.4, 0.5) is 0 Å². The van der Waals surface area contributed by atoms with Crippen molar-refractivity contribution in [2.75, 3.05) is 0 Å². The molecular weight excluding hydrogens is 132 g/mol. The van der Waals surface area contributed by atoms with Crippen LogP contribution in [0.15, 0.2) is 0 Å². The van der Waals surface area contributed by atoms with Crippen molar-refractivity contribution in [3.05, 3.63) is 0 Å². The number of imide groups is 1. The van der Waals surface area contributed by atoms with E-state index >= 15 is 0 Å². The molecule has 2 atom stereocenters. The van der Waals surface area contributed by atoms with E-state index in [0.29, 0.717) is 6.42 Å². The van der Waals surface area contributed by atoms with E-state index in [1.54, 1.807) is 6.92 Å². The Morgan fingerprint density at radius 1 is 1.50 bits per heavy atom. The zero-order chi connectivity index (χ0) is 7.72. The van der Waals surface area contributed by atoms with Crippen LogP contribution in [0, 0.1) is 5.92 Å². The first-order chi connectivity index (χ1) is 4.61. The molecule has 1 heterocycles. The second kappa shape index (κ2) is 2.38. The van der Waals surface area contributed by atoms with Crippen molar-refractivity contribution in [3.63, 3.8) is 0 Å². The van der Waals surface area contributed by atoms with Gasteiger partial charge in [-0.15, -0.1) is 0 Å². The number of carbonyl (C=O) groups excluding carboxylic acids is 2. The highest BCUT2D eigenvalue weighted by molar-refractivity contribution is 6.01. The number of hydrogen-bond acceptors (Lipinski definition) is 3. The molecule has 1 fully saturated rings. The van der Waals surface area contributed by atoms with Crippen LogP contribution in [0.3, 0.4) is 0 Å². The molecular formula is C6H10N2O2. The predicted octanol–water partition coefficient (Wildman–Crippen LogP) is -1.00. The number of rotatable bonds is 0. The van der Waals surface area contributed by atoms with E-state index < -0.39 is 6.04 Å². The highest BCUT2D eigenvalue weighted by atomic mass is 16.2. The fourth-order valence-corrected chi connectivity index (χ4v) is 0.932. The Morgan fingerprint density at radius 3 is 2.60 bits per heavy atom. The smallest absolute Gasteiger partial charge is 0.243 e. The first kappa shape index (κ1) is 7.21. The van der Waals surface area contributed by atoms with Gasteiger partial charge in [0.25, 0.3) is 0 Å². The summed E-state index contributed by atoms with van der Waals surface area (Å²) in [6.07, 6.45) is 0.463. The van der Waals surface area contributed by atoms with Gasteiger partial charge in [0.05, 0.1) is 6.04 Å². The van der Waals surface area contributed by atoms with Crippen molar-refractivity contribution in [1.82, 2.24) is 5.32 Å². The van der Waals surface area contributed by atoms with Crippen LogP contribution in [0.5, 0.6) is 0 Å². The van der Waals surface area contributed by atoms with Crippen LogP contribution < -0.4 is 11.1 Å². The molecule has 4 nitrogen and oxygen atoms in total. The average molecular weight is 142 g/mol. The molecule has 0 aromatic rings. The van der Waals surface area contributed by atoms with Gasteiger partial charge in [-0.2, -0.15) is 0 Å². The normalized spacial score (nSPS) is 33.8. The zero-order valence-electron chi connectivity index (χ0n) is 5.76. The van der Waals surface area contributed by atoms with E-state index in [1.807, 2.05) is 0 Å². The zero-order valence-corrected chi connectivity index (χ0v) is 5.76. The molecule has 1 saturated heterocycles. The Balaban J connectivity index is 2.63. The van der Waals surface area contributed by atoms with Gasteiger partial charge in [0, 0.05) is 5.92 Å². The lowest BCUT2D eigenvalue weighted by Crippen LogP contribution is -2.51. The Hall–Kier alpha value is -0.900. The molecule has 2 amide bonds. The van der Waals surface area contributed by atoms with Gasteiger partial charge < -0.3 is 5.73 Å². The molecule has 1 aliphatic rings. The van der Waals surface area contributed by atoms with Gasteiger partial charge in [0.2, 0.25) is 11.8 Å². The minimum Gasteiger partial charge on any atom is -0.320 e. The third kappa shape index (κ3) is 1.16. The lowest BCUT2D eigenvalue weighted by molar-refractivity contribution is -0.136. The Labute approximate surface area is 58.8 Å². The van der Waals surface area contributed by atoms with E-state index in [9.17, 15) is 9.59 Å². The third-order valence-corrected chi connectivity index (χ3v) is 1.64. The lowest BCUT2D eigenvalue weighted by atomic mass is 9.97. The van der Waals surface area contributed by atoms with Gasteiger partial charge in [-0.1, -0.05) is 6.92 Å². The maximum absolute atomic E-state index is 10.8. The summed E-state index contributed by atoms with van der Waals surface area (Å²) in [4.78, 5) is 21.5. The monoisotopic (exact) mass is 142 g/mol. The molecule has 2 unspecified atom stereocenters. The van der Waals surface area contributed by atoms with Crippen LogP contribution in [0.1, 0.15) is 13.3 Å².